The average Bonchev–Trinajstić information content (AvgIpc) is 3.49. The summed E-state index contributed by atoms with van der Waals surface area (Å²) in [4.78, 5) is 28.6. The lowest BCUT2D eigenvalue weighted by molar-refractivity contribution is -0.117. The van der Waals surface area contributed by atoms with Crippen LogP contribution in [0.5, 0.6) is 0 Å². The van der Waals surface area contributed by atoms with E-state index in [1.807, 2.05) is 83.0 Å². The molecule has 2 aromatic heterocycles. The number of anilines is 1. The maximum atomic E-state index is 13.4. The van der Waals surface area contributed by atoms with Crippen LogP contribution in [0.15, 0.2) is 88.8 Å². The molecule has 0 fully saturated rings. The van der Waals surface area contributed by atoms with E-state index in [-0.39, 0.29) is 16.7 Å². The molecular formula is C26H21N5O2S. The molecule has 0 N–H and O–H groups in total. The van der Waals surface area contributed by atoms with E-state index in [2.05, 4.69) is 16.3 Å². The van der Waals surface area contributed by atoms with E-state index in [0.717, 1.165) is 12.1 Å². The average molecular weight is 468 g/mol. The Hall–Kier alpha value is -3.91. The van der Waals surface area contributed by atoms with Gasteiger partial charge in [-0.1, -0.05) is 60.3 Å². The van der Waals surface area contributed by atoms with Crippen molar-refractivity contribution in [1.29, 1.82) is 0 Å². The minimum atomic E-state index is -0.380. The van der Waals surface area contributed by atoms with E-state index in [1.165, 1.54) is 17.3 Å². The largest absolute Gasteiger partial charge is 0.311 e. The van der Waals surface area contributed by atoms with Crippen LogP contribution in [0.3, 0.4) is 0 Å². The predicted octanol–water partition coefficient (Wildman–Crippen LogP) is 4.10. The molecule has 7 nitrogen and oxygen atoms in total. The summed E-state index contributed by atoms with van der Waals surface area (Å²) < 4.78 is 3.44. The number of nitrogens with zero attached hydrogens (tertiary/aromatic N) is 5. The van der Waals surface area contributed by atoms with Gasteiger partial charge in [0, 0.05) is 12.2 Å². The van der Waals surface area contributed by atoms with Crippen molar-refractivity contribution < 1.29 is 4.79 Å². The third kappa shape index (κ3) is 3.21. The zero-order valence-corrected chi connectivity index (χ0v) is 19.3. The van der Waals surface area contributed by atoms with Gasteiger partial charge in [0.05, 0.1) is 21.8 Å². The van der Waals surface area contributed by atoms with Crippen LogP contribution >= 0.6 is 11.8 Å². The van der Waals surface area contributed by atoms with Crippen molar-refractivity contribution in [1.82, 2.24) is 19.2 Å². The first-order valence-corrected chi connectivity index (χ1v) is 12.0. The fourth-order valence-electron chi connectivity index (χ4n) is 4.56. The zero-order chi connectivity index (χ0) is 23.2. The first-order valence-electron chi connectivity index (χ1n) is 11.1. The molecule has 1 aliphatic rings. The fraction of sp³-hybridized carbons (Fsp3) is 0.154. The van der Waals surface area contributed by atoms with Gasteiger partial charge < -0.3 is 4.90 Å². The van der Waals surface area contributed by atoms with Gasteiger partial charge in [0.2, 0.25) is 11.7 Å². The molecule has 8 heteroatoms. The molecular weight excluding hydrogens is 446 g/mol. The number of benzene rings is 3. The Bertz CT molecular complexity index is 1610. The van der Waals surface area contributed by atoms with E-state index < -0.39 is 0 Å². The van der Waals surface area contributed by atoms with Crippen molar-refractivity contribution in [2.24, 2.45) is 0 Å². The highest BCUT2D eigenvalue weighted by Gasteiger charge is 2.29. The Balaban J connectivity index is 1.45. The number of rotatable bonds is 4. The number of carbonyl (C=O) groups excluding carboxylic acids is 1. The zero-order valence-electron chi connectivity index (χ0n) is 18.5. The normalized spacial score (nSPS) is 14.0. The summed E-state index contributed by atoms with van der Waals surface area (Å²) in [6.07, 6.45) is 0.862. The van der Waals surface area contributed by atoms with Crippen molar-refractivity contribution in [3.63, 3.8) is 0 Å². The summed E-state index contributed by atoms with van der Waals surface area (Å²) in [5, 5.41) is 9.55. The molecule has 34 heavy (non-hydrogen) atoms. The van der Waals surface area contributed by atoms with Crippen molar-refractivity contribution in [3.8, 4) is 5.69 Å². The second kappa shape index (κ2) is 8.14. The topological polar surface area (TPSA) is 72.5 Å². The minimum Gasteiger partial charge on any atom is -0.311 e. The van der Waals surface area contributed by atoms with Crippen LogP contribution in [-0.4, -0.2) is 36.9 Å². The second-order valence-corrected chi connectivity index (χ2v) is 9.55. The minimum absolute atomic E-state index is 0.0346. The number of carbonyl (C=O) groups is 1. The Kier molecular flexibility index (Phi) is 4.95. The molecule has 0 saturated carbocycles. The van der Waals surface area contributed by atoms with E-state index in [9.17, 15) is 9.59 Å². The van der Waals surface area contributed by atoms with Gasteiger partial charge in [0.15, 0.2) is 5.16 Å². The van der Waals surface area contributed by atoms with Gasteiger partial charge >= 0.3 is 0 Å². The summed E-state index contributed by atoms with van der Waals surface area (Å²) >= 11 is 1.36. The summed E-state index contributed by atoms with van der Waals surface area (Å²) in [7, 11) is 0. The van der Waals surface area contributed by atoms with Crippen LogP contribution in [-0.2, 0) is 11.2 Å². The SMILES string of the molecule is C[C@H](Sc1nnc2n(-c3ccccc3)c(=O)c3ccccc3n12)C(=O)N1CCc2ccccc21. The Labute approximate surface area is 199 Å². The number of para-hydroxylation sites is 3. The van der Waals surface area contributed by atoms with Gasteiger partial charge in [-0.25, -0.2) is 4.57 Å². The molecule has 0 unspecified atom stereocenters. The molecule has 1 amide bonds. The molecule has 5 aromatic rings. The van der Waals surface area contributed by atoms with Crippen LogP contribution in [0.4, 0.5) is 5.69 Å². The van der Waals surface area contributed by atoms with E-state index in [1.54, 1.807) is 10.6 Å². The van der Waals surface area contributed by atoms with Crippen molar-refractivity contribution in [2.45, 2.75) is 23.8 Å². The van der Waals surface area contributed by atoms with Crippen molar-refractivity contribution in [3.05, 3.63) is 94.8 Å². The standard InChI is InChI=1S/C26H21N5O2S/c1-17(23(32)29-16-15-18-9-5-7-13-21(18)29)34-26-28-27-25-30(19-10-3-2-4-11-19)24(33)20-12-6-8-14-22(20)31(25)26/h2-14,17H,15-16H2,1H3/t17-/m0/s1. The molecule has 0 radical (unpaired) electrons. The van der Waals surface area contributed by atoms with Gasteiger partial charge in [-0.05, 0) is 49.2 Å². The molecule has 0 aliphatic carbocycles. The Morgan fingerprint density at radius 2 is 1.68 bits per heavy atom. The first kappa shape index (κ1) is 20.7. The van der Waals surface area contributed by atoms with Crippen molar-refractivity contribution >= 4 is 40.0 Å². The Morgan fingerprint density at radius 3 is 2.53 bits per heavy atom. The quantitative estimate of drug-likeness (QED) is 0.372. The number of hydrogen-bond donors (Lipinski definition) is 0. The lowest BCUT2D eigenvalue weighted by Gasteiger charge is -2.21. The molecule has 1 atom stereocenters. The number of fused-ring (bicyclic) bond motifs is 4. The van der Waals surface area contributed by atoms with E-state index in [0.29, 0.717) is 34.1 Å². The maximum absolute atomic E-state index is 13.4. The number of amides is 1. The summed E-state index contributed by atoms with van der Waals surface area (Å²) in [5.74, 6) is 0.455. The summed E-state index contributed by atoms with van der Waals surface area (Å²) in [6, 6.07) is 24.9. The van der Waals surface area contributed by atoms with E-state index in [4.69, 9.17) is 0 Å². The highest BCUT2D eigenvalue weighted by Crippen LogP contribution is 2.32. The van der Waals surface area contributed by atoms with Gasteiger partial charge in [-0.15, -0.1) is 10.2 Å². The third-order valence-electron chi connectivity index (χ3n) is 6.19. The molecule has 1 aliphatic heterocycles. The fourth-order valence-corrected chi connectivity index (χ4v) is 5.48. The van der Waals surface area contributed by atoms with Gasteiger partial charge in [0.25, 0.3) is 5.56 Å². The Morgan fingerprint density at radius 1 is 0.941 bits per heavy atom. The summed E-state index contributed by atoms with van der Waals surface area (Å²) in [6.45, 7) is 2.57. The van der Waals surface area contributed by atoms with Crippen LogP contribution in [0, 0.1) is 0 Å². The maximum Gasteiger partial charge on any atom is 0.267 e. The molecule has 3 heterocycles. The van der Waals surface area contributed by atoms with Crippen molar-refractivity contribution in [2.75, 3.05) is 11.4 Å². The van der Waals surface area contributed by atoms with Crippen LogP contribution < -0.4 is 10.5 Å². The number of hydrogen-bond acceptors (Lipinski definition) is 5. The monoisotopic (exact) mass is 467 g/mol. The predicted molar refractivity (Wildman–Crippen MR) is 134 cm³/mol. The van der Waals surface area contributed by atoms with E-state index >= 15 is 0 Å². The molecule has 0 bridgehead atoms. The van der Waals surface area contributed by atoms with Gasteiger partial charge in [-0.3, -0.25) is 14.0 Å². The lowest BCUT2D eigenvalue weighted by Crippen LogP contribution is -2.35. The molecule has 0 spiro atoms. The van der Waals surface area contributed by atoms with Crippen LogP contribution in [0.25, 0.3) is 22.4 Å². The number of thioether (sulfide) groups is 1. The third-order valence-corrected chi connectivity index (χ3v) is 7.22. The highest BCUT2D eigenvalue weighted by atomic mass is 32.2. The molecule has 6 rings (SSSR count). The smallest absolute Gasteiger partial charge is 0.267 e. The molecule has 3 aromatic carbocycles. The molecule has 0 saturated heterocycles. The van der Waals surface area contributed by atoms with Gasteiger partial charge in [0.1, 0.15) is 0 Å². The van der Waals surface area contributed by atoms with Crippen LogP contribution in [0.1, 0.15) is 12.5 Å². The first-order chi connectivity index (χ1) is 16.6. The number of aromatic nitrogens is 4. The summed E-state index contributed by atoms with van der Waals surface area (Å²) in [5.41, 5.74) is 3.45. The lowest BCUT2D eigenvalue weighted by atomic mass is 10.2. The van der Waals surface area contributed by atoms with Crippen LogP contribution in [0.2, 0.25) is 0 Å². The highest BCUT2D eigenvalue weighted by molar-refractivity contribution is 8.00. The van der Waals surface area contributed by atoms with Gasteiger partial charge in [-0.2, -0.15) is 0 Å². The second-order valence-electron chi connectivity index (χ2n) is 8.24. The molecule has 168 valence electrons.